The molecule has 15 heavy (non-hydrogen) atoms. The third kappa shape index (κ3) is 5.08. The number of unbranched alkanes of at least 4 members (excludes halogenated alkanes) is 1. The third-order valence-corrected chi connectivity index (χ3v) is 1.89. The van der Waals surface area contributed by atoms with Gasteiger partial charge < -0.3 is 25.2 Å². The van der Waals surface area contributed by atoms with Gasteiger partial charge in [0.15, 0.2) is 6.10 Å². The molecule has 3 atom stereocenters. The van der Waals surface area contributed by atoms with Crippen molar-refractivity contribution in [1.29, 1.82) is 0 Å². The standard InChI is InChI=1S/C9H18O6/c1-2-3-4-15-9(14)8(13)7(12)6(11)5-10/h6-8,10-13H,2-5H2,1H3/t6-,7+,8-/m1/s1. The summed E-state index contributed by atoms with van der Waals surface area (Å²) in [6.45, 7) is 1.34. The molecule has 0 aliphatic carbocycles. The lowest BCUT2D eigenvalue weighted by atomic mass is 10.1. The van der Waals surface area contributed by atoms with Gasteiger partial charge in [-0.3, -0.25) is 0 Å². The van der Waals surface area contributed by atoms with Crippen LogP contribution in [0.5, 0.6) is 0 Å². The van der Waals surface area contributed by atoms with Crippen LogP contribution in [0.2, 0.25) is 0 Å². The number of carbonyl (C=O) groups excluding carboxylic acids is 1. The molecule has 90 valence electrons. The molecule has 0 aromatic heterocycles. The molecule has 0 aliphatic heterocycles. The summed E-state index contributed by atoms with van der Waals surface area (Å²) < 4.78 is 4.62. The van der Waals surface area contributed by atoms with Crippen molar-refractivity contribution in [3.63, 3.8) is 0 Å². The van der Waals surface area contributed by atoms with Crippen LogP contribution < -0.4 is 0 Å². The first-order valence-corrected chi connectivity index (χ1v) is 4.86. The monoisotopic (exact) mass is 222 g/mol. The van der Waals surface area contributed by atoms with Gasteiger partial charge in [0.05, 0.1) is 13.2 Å². The predicted molar refractivity (Wildman–Crippen MR) is 51.0 cm³/mol. The molecule has 0 saturated carbocycles. The van der Waals surface area contributed by atoms with Crippen LogP contribution in [-0.4, -0.2) is 57.9 Å². The molecule has 0 unspecified atom stereocenters. The average Bonchev–Trinajstić information content (AvgIpc) is 2.26. The van der Waals surface area contributed by atoms with Crippen LogP contribution in [0.4, 0.5) is 0 Å². The van der Waals surface area contributed by atoms with Crippen LogP contribution >= 0.6 is 0 Å². The molecule has 6 nitrogen and oxygen atoms in total. The minimum Gasteiger partial charge on any atom is -0.464 e. The molecular formula is C9H18O6. The van der Waals surface area contributed by atoms with Crippen LogP contribution in [0, 0.1) is 0 Å². The third-order valence-electron chi connectivity index (χ3n) is 1.89. The van der Waals surface area contributed by atoms with Crippen LogP contribution in [0.3, 0.4) is 0 Å². The smallest absolute Gasteiger partial charge is 0.337 e. The fourth-order valence-corrected chi connectivity index (χ4v) is 0.860. The highest BCUT2D eigenvalue weighted by Gasteiger charge is 2.30. The van der Waals surface area contributed by atoms with Crippen molar-refractivity contribution in [2.24, 2.45) is 0 Å². The van der Waals surface area contributed by atoms with Crippen LogP contribution in [-0.2, 0) is 9.53 Å². The molecule has 0 amide bonds. The van der Waals surface area contributed by atoms with E-state index < -0.39 is 30.9 Å². The zero-order valence-electron chi connectivity index (χ0n) is 8.67. The first kappa shape index (κ1) is 14.3. The molecule has 0 aromatic carbocycles. The first-order valence-electron chi connectivity index (χ1n) is 4.86. The maximum Gasteiger partial charge on any atom is 0.337 e. The largest absolute Gasteiger partial charge is 0.464 e. The molecule has 0 fully saturated rings. The highest BCUT2D eigenvalue weighted by molar-refractivity contribution is 5.75. The van der Waals surface area contributed by atoms with Crippen molar-refractivity contribution in [3.8, 4) is 0 Å². The van der Waals surface area contributed by atoms with Gasteiger partial charge in [0.25, 0.3) is 0 Å². The van der Waals surface area contributed by atoms with E-state index in [1.165, 1.54) is 0 Å². The van der Waals surface area contributed by atoms with Gasteiger partial charge in [0.2, 0.25) is 0 Å². The number of carbonyl (C=O) groups is 1. The van der Waals surface area contributed by atoms with Gasteiger partial charge in [-0.05, 0) is 6.42 Å². The van der Waals surface area contributed by atoms with Crippen molar-refractivity contribution in [3.05, 3.63) is 0 Å². The second-order valence-electron chi connectivity index (χ2n) is 3.21. The Labute approximate surface area is 88.1 Å². The molecular weight excluding hydrogens is 204 g/mol. The summed E-state index contributed by atoms with van der Waals surface area (Å²) in [6.07, 6.45) is -3.62. The van der Waals surface area contributed by atoms with E-state index in [4.69, 9.17) is 15.3 Å². The summed E-state index contributed by atoms with van der Waals surface area (Å²) in [5.74, 6) is -0.997. The van der Waals surface area contributed by atoms with Gasteiger partial charge in [0, 0.05) is 0 Å². The van der Waals surface area contributed by atoms with E-state index >= 15 is 0 Å². The summed E-state index contributed by atoms with van der Waals surface area (Å²) in [5, 5.41) is 35.8. The van der Waals surface area contributed by atoms with Crippen LogP contribution in [0.15, 0.2) is 0 Å². The molecule has 0 rings (SSSR count). The second kappa shape index (κ2) is 7.58. The van der Waals surface area contributed by atoms with E-state index in [9.17, 15) is 9.90 Å². The van der Waals surface area contributed by atoms with E-state index in [2.05, 4.69) is 4.74 Å². The average molecular weight is 222 g/mol. The predicted octanol–water partition coefficient (Wildman–Crippen LogP) is -1.60. The van der Waals surface area contributed by atoms with Crippen molar-refractivity contribution in [2.75, 3.05) is 13.2 Å². The highest BCUT2D eigenvalue weighted by atomic mass is 16.5. The van der Waals surface area contributed by atoms with Gasteiger partial charge in [-0.25, -0.2) is 4.79 Å². The number of esters is 1. The number of ether oxygens (including phenoxy) is 1. The summed E-state index contributed by atoms with van der Waals surface area (Å²) >= 11 is 0. The van der Waals surface area contributed by atoms with E-state index in [1.807, 2.05) is 6.92 Å². The molecule has 6 heteroatoms. The van der Waals surface area contributed by atoms with Gasteiger partial charge in [-0.1, -0.05) is 13.3 Å². The molecule has 0 radical (unpaired) electrons. The number of hydrogen-bond acceptors (Lipinski definition) is 6. The van der Waals surface area contributed by atoms with Crippen LogP contribution in [0.25, 0.3) is 0 Å². The molecule has 0 bridgehead atoms. The zero-order chi connectivity index (χ0) is 11.8. The summed E-state index contributed by atoms with van der Waals surface area (Å²) in [4.78, 5) is 11.1. The Morgan fingerprint density at radius 2 is 1.93 bits per heavy atom. The summed E-state index contributed by atoms with van der Waals surface area (Å²) in [5.41, 5.74) is 0. The molecule has 0 spiro atoms. The number of aliphatic hydroxyl groups is 4. The SMILES string of the molecule is CCCCOC(=O)[C@H](O)[C@@H](O)[C@H](O)CO. The van der Waals surface area contributed by atoms with Crippen molar-refractivity contribution < 1.29 is 30.0 Å². The quantitative estimate of drug-likeness (QED) is 0.305. The van der Waals surface area contributed by atoms with Gasteiger partial charge in [-0.2, -0.15) is 0 Å². The summed E-state index contributed by atoms with van der Waals surface area (Å²) in [7, 11) is 0. The Morgan fingerprint density at radius 3 is 2.40 bits per heavy atom. The van der Waals surface area contributed by atoms with E-state index in [0.717, 1.165) is 6.42 Å². The van der Waals surface area contributed by atoms with E-state index in [1.54, 1.807) is 0 Å². The maximum atomic E-state index is 11.1. The van der Waals surface area contributed by atoms with E-state index in [0.29, 0.717) is 6.42 Å². The van der Waals surface area contributed by atoms with Crippen molar-refractivity contribution >= 4 is 5.97 Å². The molecule has 0 saturated heterocycles. The second-order valence-corrected chi connectivity index (χ2v) is 3.21. The molecule has 4 N–H and O–H groups in total. The summed E-state index contributed by atoms with van der Waals surface area (Å²) in [6, 6.07) is 0. The lowest BCUT2D eigenvalue weighted by Gasteiger charge is -2.19. The Bertz CT molecular complexity index is 183. The van der Waals surface area contributed by atoms with Gasteiger partial charge in [-0.15, -0.1) is 0 Å². The Balaban J connectivity index is 3.96. The number of aliphatic hydroxyl groups excluding tert-OH is 4. The number of rotatable bonds is 7. The zero-order valence-corrected chi connectivity index (χ0v) is 8.67. The lowest BCUT2D eigenvalue weighted by Crippen LogP contribution is -2.44. The Hall–Kier alpha value is -0.690. The van der Waals surface area contributed by atoms with E-state index in [-0.39, 0.29) is 6.61 Å². The van der Waals surface area contributed by atoms with Crippen LogP contribution in [0.1, 0.15) is 19.8 Å². The molecule has 0 aliphatic rings. The fraction of sp³-hybridized carbons (Fsp3) is 0.889. The number of hydrogen-bond donors (Lipinski definition) is 4. The minimum absolute atomic E-state index is 0.161. The minimum atomic E-state index is -1.83. The maximum absolute atomic E-state index is 11.1. The van der Waals surface area contributed by atoms with Crippen molar-refractivity contribution in [2.45, 2.75) is 38.1 Å². The van der Waals surface area contributed by atoms with Crippen molar-refractivity contribution in [1.82, 2.24) is 0 Å². The fourth-order valence-electron chi connectivity index (χ4n) is 0.860. The first-order chi connectivity index (χ1) is 7.04. The lowest BCUT2D eigenvalue weighted by molar-refractivity contribution is -0.166. The highest BCUT2D eigenvalue weighted by Crippen LogP contribution is 2.03. The normalized spacial score (nSPS) is 16.9. The topological polar surface area (TPSA) is 107 Å². The molecule has 0 heterocycles. The van der Waals surface area contributed by atoms with Gasteiger partial charge in [0.1, 0.15) is 12.2 Å². The molecule has 0 aromatic rings. The Morgan fingerprint density at radius 1 is 1.33 bits per heavy atom. The van der Waals surface area contributed by atoms with Gasteiger partial charge >= 0.3 is 5.97 Å². The Kier molecular flexibility index (Phi) is 7.23.